The molecule has 0 saturated heterocycles. The number of anilines is 1. The number of rotatable bonds is 2. The van der Waals surface area contributed by atoms with Gasteiger partial charge in [0.25, 0.3) is 0 Å². The Hall–Kier alpha value is -1.26. The molecule has 0 radical (unpaired) electrons. The van der Waals surface area contributed by atoms with Crippen LogP contribution in [-0.4, -0.2) is 6.04 Å². The molecule has 0 aliphatic rings. The Morgan fingerprint density at radius 2 is 1.80 bits per heavy atom. The molecule has 0 aliphatic carbocycles. The fraction of sp³-hybridized carbons (Fsp3) is 0.400. The first kappa shape index (κ1) is 11.8. The van der Waals surface area contributed by atoms with Gasteiger partial charge in [-0.15, -0.1) is 0 Å². The lowest BCUT2D eigenvalue weighted by molar-refractivity contribution is -0.139. The van der Waals surface area contributed by atoms with E-state index in [1.165, 1.54) is 6.07 Å². The highest BCUT2D eigenvalue weighted by molar-refractivity contribution is 5.47. The van der Waals surface area contributed by atoms with E-state index in [4.69, 9.17) is 0 Å². The molecule has 0 bridgehead atoms. The van der Waals surface area contributed by atoms with Crippen LogP contribution < -0.4 is 5.32 Å². The maximum Gasteiger partial charge on any atom is 0.419 e. The van der Waals surface area contributed by atoms with Crippen LogP contribution in [0.5, 0.6) is 0 Å². The molecule has 0 heterocycles. The Labute approximate surface area is 85.1 Å². The van der Waals surface area contributed by atoms with E-state index < -0.39 is 17.6 Å². The zero-order valence-electron chi connectivity index (χ0n) is 8.32. The van der Waals surface area contributed by atoms with Crippen LogP contribution in [0.15, 0.2) is 18.2 Å². The number of alkyl halides is 3. The Bertz CT molecular complexity index is 344. The summed E-state index contributed by atoms with van der Waals surface area (Å²) in [5, 5.41) is 2.78. The fourth-order valence-electron chi connectivity index (χ4n) is 1.17. The quantitative estimate of drug-likeness (QED) is 0.751. The molecule has 0 aromatic heterocycles. The van der Waals surface area contributed by atoms with Crippen LogP contribution in [0.3, 0.4) is 0 Å². The molecule has 84 valence electrons. The molecule has 15 heavy (non-hydrogen) atoms. The first-order chi connectivity index (χ1) is 6.80. The van der Waals surface area contributed by atoms with Gasteiger partial charge in [0.05, 0.1) is 5.56 Å². The van der Waals surface area contributed by atoms with Gasteiger partial charge in [0, 0.05) is 11.7 Å². The second-order valence-corrected chi connectivity index (χ2v) is 3.49. The van der Waals surface area contributed by atoms with Gasteiger partial charge < -0.3 is 5.32 Å². The molecule has 0 spiro atoms. The van der Waals surface area contributed by atoms with Gasteiger partial charge in [-0.2, -0.15) is 13.2 Å². The highest BCUT2D eigenvalue weighted by atomic mass is 19.4. The molecule has 0 amide bonds. The van der Waals surface area contributed by atoms with Crippen LogP contribution in [0.1, 0.15) is 19.4 Å². The van der Waals surface area contributed by atoms with E-state index in [1.54, 1.807) is 13.8 Å². The van der Waals surface area contributed by atoms with Crippen molar-refractivity contribution in [3.63, 3.8) is 0 Å². The third kappa shape index (κ3) is 3.11. The van der Waals surface area contributed by atoms with Crippen molar-refractivity contribution in [2.45, 2.75) is 26.1 Å². The van der Waals surface area contributed by atoms with Gasteiger partial charge in [-0.05, 0) is 32.0 Å². The molecule has 1 nitrogen and oxygen atoms in total. The summed E-state index contributed by atoms with van der Waals surface area (Å²) in [6.07, 6.45) is -4.65. The van der Waals surface area contributed by atoms with Crippen LogP contribution in [0, 0.1) is 5.82 Å². The standard InChI is InChI=1S/C10H11F4N/c1-6(2)15-7-3-4-9(11)8(5-7)10(12,13)14/h3-6,15H,1-2H3. The molecule has 0 unspecified atom stereocenters. The monoisotopic (exact) mass is 221 g/mol. The van der Waals surface area contributed by atoms with E-state index in [2.05, 4.69) is 5.32 Å². The Balaban J connectivity index is 3.06. The lowest BCUT2D eigenvalue weighted by atomic mass is 10.1. The topological polar surface area (TPSA) is 12.0 Å². The minimum absolute atomic E-state index is 0.00320. The first-order valence-corrected chi connectivity index (χ1v) is 4.44. The van der Waals surface area contributed by atoms with Crippen molar-refractivity contribution in [1.29, 1.82) is 0 Å². The lowest BCUT2D eigenvalue weighted by Gasteiger charge is -2.13. The SMILES string of the molecule is CC(C)Nc1ccc(F)c(C(F)(F)F)c1. The summed E-state index contributed by atoms with van der Waals surface area (Å²) in [5.41, 5.74) is -0.980. The highest BCUT2D eigenvalue weighted by Gasteiger charge is 2.34. The normalized spacial score (nSPS) is 11.9. The van der Waals surface area contributed by atoms with Crippen LogP contribution >= 0.6 is 0 Å². The van der Waals surface area contributed by atoms with E-state index in [-0.39, 0.29) is 11.7 Å². The number of hydrogen-bond donors (Lipinski definition) is 1. The van der Waals surface area contributed by atoms with Crippen molar-refractivity contribution < 1.29 is 17.6 Å². The predicted molar refractivity (Wildman–Crippen MR) is 50.2 cm³/mol. The Kier molecular flexibility index (Phi) is 3.21. The summed E-state index contributed by atoms with van der Waals surface area (Å²) in [4.78, 5) is 0. The Morgan fingerprint density at radius 3 is 2.27 bits per heavy atom. The van der Waals surface area contributed by atoms with Crippen molar-refractivity contribution in [2.75, 3.05) is 5.32 Å². The van der Waals surface area contributed by atoms with Gasteiger partial charge in [0.1, 0.15) is 5.82 Å². The second kappa shape index (κ2) is 4.08. The fourth-order valence-corrected chi connectivity index (χ4v) is 1.17. The van der Waals surface area contributed by atoms with Gasteiger partial charge in [0.15, 0.2) is 0 Å². The van der Waals surface area contributed by atoms with Gasteiger partial charge in [-0.1, -0.05) is 0 Å². The molecule has 5 heteroatoms. The molecular formula is C10H11F4N. The third-order valence-corrected chi connectivity index (χ3v) is 1.73. The molecular weight excluding hydrogens is 210 g/mol. The minimum atomic E-state index is -4.65. The smallest absolute Gasteiger partial charge is 0.383 e. The molecule has 0 saturated carbocycles. The minimum Gasteiger partial charge on any atom is -0.383 e. The molecule has 0 atom stereocenters. The summed E-state index contributed by atoms with van der Waals surface area (Å²) in [7, 11) is 0. The van der Waals surface area contributed by atoms with Crippen molar-refractivity contribution in [3.8, 4) is 0 Å². The molecule has 1 N–H and O–H groups in total. The summed E-state index contributed by atoms with van der Waals surface area (Å²) < 4.78 is 49.8. The van der Waals surface area contributed by atoms with Gasteiger partial charge in [-0.25, -0.2) is 4.39 Å². The van der Waals surface area contributed by atoms with E-state index in [0.717, 1.165) is 12.1 Å². The number of benzene rings is 1. The second-order valence-electron chi connectivity index (χ2n) is 3.49. The average molecular weight is 221 g/mol. The molecule has 1 rings (SSSR count). The van der Waals surface area contributed by atoms with Crippen molar-refractivity contribution in [1.82, 2.24) is 0 Å². The Morgan fingerprint density at radius 1 is 1.20 bits per heavy atom. The van der Waals surface area contributed by atoms with Crippen molar-refractivity contribution in [3.05, 3.63) is 29.6 Å². The first-order valence-electron chi connectivity index (χ1n) is 4.44. The van der Waals surface area contributed by atoms with E-state index in [9.17, 15) is 17.6 Å². The average Bonchev–Trinajstić information content (AvgIpc) is 2.05. The summed E-state index contributed by atoms with van der Waals surface area (Å²) in [6.45, 7) is 3.58. The van der Waals surface area contributed by atoms with E-state index >= 15 is 0 Å². The number of nitrogens with one attached hydrogen (secondary N) is 1. The van der Waals surface area contributed by atoms with E-state index in [0.29, 0.717) is 0 Å². The molecule has 1 aromatic carbocycles. The van der Waals surface area contributed by atoms with Gasteiger partial charge in [-0.3, -0.25) is 0 Å². The number of halogens is 4. The molecule has 0 fully saturated rings. The van der Waals surface area contributed by atoms with Crippen LogP contribution in [-0.2, 0) is 6.18 Å². The zero-order valence-corrected chi connectivity index (χ0v) is 8.32. The van der Waals surface area contributed by atoms with Crippen LogP contribution in [0.4, 0.5) is 23.2 Å². The van der Waals surface area contributed by atoms with E-state index in [1.807, 2.05) is 0 Å². The van der Waals surface area contributed by atoms with Crippen molar-refractivity contribution in [2.24, 2.45) is 0 Å². The summed E-state index contributed by atoms with van der Waals surface area (Å²) >= 11 is 0. The maximum absolute atomic E-state index is 12.9. The molecule has 0 aliphatic heterocycles. The largest absolute Gasteiger partial charge is 0.419 e. The van der Waals surface area contributed by atoms with Gasteiger partial charge in [0.2, 0.25) is 0 Å². The summed E-state index contributed by atoms with van der Waals surface area (Å²) in [5.74, 6) is -1.25. The predicted octanol–water partition coefficient (Wildman–Crippen LogP) is 3.66. The third-order valence-electron chi connectivity index (χ3n) is 1.73. The van der Waals surface area contributed by atoms with Crippen molar-refractivity contribution >= 4 is 5.69 Å². The zero-order chi connectivity index (χ0) is 11.6. The maximum atomic E-state index is 12.9. The highest BCUT2D eigenvalue weighted by Crippen LogP contribution is 2.33. The summed E-state index contributed by atoms with van der Waals surface area (Å²) in [6, 6.07) is 2.87. The lowest BCUT2D eigenvalue weighted by Crippen LogP contribution is -2.13. The number of hydrogen-bond acceptors (Lipinski definition) is 1. The molecule has 1 aromatic rings. The van der Waals surface area contributed by atoms with Crippen LogP contribution in [0.25, 0.3) is 0 Å². The van der Waals surface area contributed by atoms with Crippen LogP contribution in [0.2, 0.25) is 0 Å². The van der Waals surface area contributed by atoms with Gasteiger partial charge >= 0.3 is 6.18 Å².